The fourth-order valence-corrected chi connectivity index (χ4v) is 3.59. The smallest absolute Gasteiger partial charge is 0.337 e. The maximum absolute atomic E-state index is 12.3. The van der Waals surface area contributed by atoms with Crippen LogP contribution in [-0.2, 0) is 23.1 Å². The summed E-state index contributed by atoms with van der Waals surface area (Å²) in [6.07, 6.45) is 1.81. The van der Waals surface area contributed by atoms with Crippen LogP contribution in [0.1, 0.15) is 17.3 Å². The number of thioether (sulfide) groups is 1. The van der Waals surface area contributed by atoms with Crippen molar-refractivity contribution in [1.29, 1.82) is 0 Å². The van der Waals surface area contributed by atoms with Gasteiger partial charge in [-0.05, 0) is 31.2 Å². The first kappa shape index (κ1) is 21.4. The van der Waals surface area contributed by atoms with E-state index in [2.05, 4.69) is 25.3 Å². The number of nitrogens with one attached hydrogen (secondary N) is 1. The summed E-state index contributed by atoms with van der Waals surface area (Å²) in [6, 6.07) is 6.48. The van der Waals surface area contributed by atoms with E-state index in [9.17, 15) is 9.59 Å². The molecule has 2 aromatic heterocycles. The molecule has 0 atom stereocenters. The minimum Gasteiger partial charge on any atom is -0.479 e. The van der Waals surface area contributed by atoms with Crippen molar-refractivity contribution in [3.63, 3.8) is 0 Å². The van der Waals surface area contributed by atoms with Crippen LogP contribution in [-0.4, -0.2) is 56.4 Å². The van der Waals surface area contributed by atoms with Crippen molar-refractivity contribution in [1.82, 2.24) is 24.5 Å². The molecule has 1 aromatic carbocycles. The molecule has 1 N–H and O–H groups in total. The number of carbonyl (C=O) groups excluding carboxylic acids is 2. The number of anilines is 1. The third-order valence-corrected chi connectivity index (χ3v) is 5.15. The lowest BCUT2D eigenvalue weighted by Crippen LogP contribution is -2.15. The van der Waals surface area contributed by atoms with Crippen LogP contribution >= 0.6 is 11.8 Å². The minimum atomic E-state index is -0.427. The van der Waals surface area contributed by atoms with Gasteiger partial charge < -0.3 is 19.4 Å². The number of hydrogen-bond acceptors (Lipinski definition) is 8. The number of amides is 1. The Balaban J connectivity index is 1.66. The highest BCUT2D eigenvalue weighted by Crippen LogP contribution is 2.29. The topological polar surface area (TPSA) is 113 Å². The molecule has 3 rings (SSSR count). The number of benzene rings is 1. The number of rotatable bonds is 8. The Morgan fingerprint density at radius 2 is 1.90 bits per heavy atom. The van der Waals surface area contributed by atoms with E-state index in [1.807, 2.05) is 17.7 Å². The molecule has 0 spiro atoms. The van der Waals surface area contributed by atoms with Crippen molar-refractivity contribution in [3.8, 4) is 17.3 Å². The van der Waals surface area contributed by atoms with Crippen molar-refractivity contribution in [3.05, 3.63) is 36.0 Å². The summed E-state index contributed by atoms with van der Waals surface area (Å²) < 4.78 is 13.5. The third-order valence-electron chi connectivity index (χ3n) is 4.18. The Morgan fingerprint density at radius 1 is 1.17 bits per heavy atom. The standard InChI is InChI=1S/C19H22N6O4S/c1-5-25-16(14-10-24(2)23-17(14)28-3)21-22-19(25)30-11-15(26)20-13-8-6-12(7-9-13)18(27)29-4/h6-10H,5,11H2,1-4H3,(H,20,26). The predicted molar refractivity (Wildman–Crippen MR) is 112 cm³/mol. The maximum Gasteiger partial charge on any atom is 0.337 e. The average Bonchev–Trinajstić information content (AvgIpc) is 3.34. The van der Waals surface area contributed by atoms with Gasteiger partial charge in [-0.15, -0.1) is 15.3 Å². The second-order valence-corrected chi connectivity index (χ2v) is 7.12. The first-order valence-electron chi connectivity index (χ1n) is 9.09. The van der Waals surface area contributed by atoms with Gasteiger partial charge in [0.1, 0.15) is 5.56 Å². The molecular weight excluding hydrogens is 408 g/mol. The zero-order valence-electron chi connectivity index (χ0n) is 17.1. The average molecular weight is 430 g/mol. The van der Waals surface area contributed by atoms with Crippen molar-refractivity contribution in [2.75, 3.05) is 25.3 Å². The number of esters is 1. The summed E-state index contributed by atoms with van der Waals surface area (Å²) in [7, 11) is 4.67. The van der Waals surface area contributed by atoms with Gasteiger partial charge in [0, 0.05) is 25.5 Å². The van der Waals surface area contributed by atoms with Crippen LogP contribution in [0.5, 0.6) is 5.88 Å². The highest BCUT2D eigenvalue weighted by molar-refractivity contribution is 7.99. The Hall–Kier alpha value is -3.34. The lowest BCUT2D eigenvalue weighted by atomic mass is 10.2. The lowest BCUT2D eigenvalue weighted by Gasteiger charge is -2.08. The molecular formula is C19H22N6O4S. The molecule has 1 amide bonds. The number of methoxy groups -OCH3 is 2. The zero-order valence-corrected chi connectivity index (χ0v) is 17.9. The monoisotopic (exact) mass is 430 g/mol. The number of ether oxygens (including phenoxy) is 2. The molecule has 0 aliphatic rings. The van der Waals surface area contributed by atoms with E-state index in [4.69, 9.17) is 4.74 Å². The van der Waals surface area contributed by atoms with Gasteiger partial charge in [0.05, 0.1) is 25.5 Å². The van der Waals surface area contributed by atoms with Gasteiger partial charge >= 0.3 is 5.97 Å². The molecule has 0 aliphatic carbocycles. The van der Waals surface area contributed by atoms with Gasteiger partial charge in [0.15, 0.2) is 11.0 Å². The Labute approximate surface area is 177 Å². The van der Waals surface area contributed by atoms with Gasteiger partial charge in [-0.2, -0.15) is 0 Å². The first-order valence-corrected chi connectivity index (χ1v) is 10.1. The molecule has 0 saturated heterocycles. The lowest BCUT2D eigenvalue weighted by molar-refractivity contribution is -0.113. The Bertz CT molecular complexity index is 1040. The van der Waals surface area contributed by atoms with Gasteiger partial charge in [0.2, 0.25) is 11.8 Å². The summed E-state index contributed by atoms with van der Waals surface area (Å²) in [5.41, 5.74) is 1.74. The van der Waals surface area contributed by atoms with E-state index in [0.29, 0.717) is 34.7 Å². The van der Waals surface area contributed by atoms with Crippen LogP contribution in [0.25, 0.3) is 11.4 Å². The summed E-state index contributed by atoms with van der Waals surface area (Å²) >= 11 is 1.28. The molecule has 0 saturated carbocycles. The van der Waals surface area contributed by atoms with Gasteiger partial charge in [-0.3, -0.25) is 9.48 Å². The zero-order chi connectivity index (χ0) is 21.7. The minimum absolute atomic E-state index is 0.154. The number of aryl methyl sites for hydroxylation is 1. The van der Waals surface area contributed by atoms with Crippen LogP contribution in [0, 0.1) is 0 Å². The van der Waals surface area contributed by atoms with Crippen molar-refractivity contribution in [2.24, 2.45) is 7.05 Å². The van der Waals surface area contributed by atoms with E-state index in [0.717, 1.165) is 5.56 Å². The molecule has 11 heteroatoms. The van der Waals surface area contributed by atoms with Crippen LogP contribution in [0.2, 0.25) is 0 Å². The van der Waals surface area contributed by atoms with Gasteiger partial charge in [0.25, 0.3) is 0 Å². The van der Waals surface area contributed by atoms with E-state index in [1.165, 1.54) is 18.9 Å². The largest absolute Gasteiger partial charge is 0.479 e. The quantitative estimate of drug-likeness (QED) is 0.428. The normalized spacial score (nSPS) is 10.7. The predicted octanol–water partition coefficient (Wildman–Crippen LogP) is 2.22. The third kappa shape index (κ3) is 4.62. The number of hydrogen-bond donors (Lipinski definition) is 1. The molecule has 10 nitrogen and oxygen atoms in total. The first-order chi connectivity index (χ1) is 14.5. The molecule has 2 heterocycles. The SMILES string of the molecule is CCn1c(SCC(=O)Nc2ccc(C(=O)OC)cc2)nnc1-c1cn(C)nc1OC. The summed E-state index contributed by atoms with van der Waals surface area (Å²) in [5.74, 6) is 0.620. The van der Waals surface area contributed by atoms with Crippen molar-refractivity contribution >= 4 is 29.3 Å². The molecule has 30 heavy (non-hydrogen) atoms. The van der Waals surface area contributed by atoms with E-state index in [-0.39, 0.29) is 11.7 Å². The molecule has 158 valence electrons. The molecule has 0 radical (unpaired) electrons. The number of carbonyl (C=O) groups is 2. The van der Waals surface area contributed by atoms with E-state index >= 15 is 0 Å². The van der Waals surface area contributed by atoms with Gasteiger partial charge in [-0.25, -0.2) is 4.79 Å². The highest BCUT2D eigenvalue weighted by atomic mass is 32.2. The Kier molecular flexibility index (Phi) is 6.72. The number of aromatic nitrogens is 5. The van der Waals surface area contributed by atoms with Crippen LogP contribution < -0.4 is 10.1 Å². The van der Waals surface area contributed by atoms with Gasteiger partial charge in [-0.1, -0.05) is 11.8 Å². The fraction of sp³-hybridized carbons (Fsp3) is 0.316. The second kappa shape index (κ2) is 9.44. The van der Waals surface area contributed by atoms with E-state index in [1.54, 1.807) is 43.1 Å². The van der Waals surface area contributed by atoms with Crippen molar-refractivity contribution in [2.45, 2.75) is 18.6 Å². The molecule has 0 bridgehead atoms. The number of nitrogens with zero attached hydrogens (tertiary/aromatic N) is 5. The van der Waals surface area contributed by atoms with Crippen LogP contribution in [0.3, 0.4) is 0 Å². The molecule has 0 aliphatic heterocycles. The van der Waals surface area contributed by atoms with Crippen molar-refractivity contribution < 1.29 is 19.1 Å². The van der Waals surface area contributed by atoms with Crippen LogP contribution in [0.15, 0.2) is 35.6 Å². The summed E-state index contributed by atoms with van der Waals surface area (Å²) in [6.45, 7) is 2.60. The molecule has 0 fully saturated rings. The summed E-state index contributed by atoms with van der Waals surface area (Å²) in [4.78, 5) is 23.8. The summed E-state index contributed by atoms with van der Waals surface area (Å²) in [5, 5.41) is 16.1. The second-order valence-electron chi connectivity index (χ2n) is 6.18. The van der Waals surface area contributed by atoms with E-state index < -0.39 is 5.97 Å². The van der Waals surface area contributed by atoms with Crippen LogP contribution in [0.4, 0.5) is 5.69 Å². The molecule has 0 unspecified atom stereocenters. The maximum atomic E-state index is 12.3. The Morgan fingerprint density at radius 3 is 2.53 bits per heavy atom. The fourth-order valence-electron chi connectivity index (χ4n) is 2.79. The molecule has 3 aromatic rings. The highest BCUT2D eigenvalue weighted by Gasteiger charge is 2.20.